The average Bonchev–Trinajstić information content (AvgIpc) is 3.38. The van der Waals surface area contributed by atoms with Crippen LogP contribution in [0.2, 0.25) is 0 Å². The molecule has 0 nitrogen and oxygen atoms in total. The number of fused-ring (bicyclic) bond motifs is 6. The fourth-order valence-electron chi connectivity index (χ4n) is 5.87. The first-order valence-corrected chi connectivity index (χ1v) is 14.3. The molecule has 6 aromatic rings. The molecule has 156 valence electrons. The summed E-state index contributed by atoms with van der Waals surface area (Å²) in [6, 6.07) is 43.4. The molecule has 1 aliphatic heterocycles. The van der Waals surface area contributed by atoms with Gasteiger partial charge in [-0.25, -0.2) is 0 Å². The zero-order valence-corrected chi connectivity index (χ0v) is 20.2. The molecule has 0 aliphatic carbocycles. The molecule has 0 N–H and O–H groups in total. The minimum atomic E-state index is -2.40. The Morgan fingerprint density at radius 2 is 1.21 bits per heavy atom. The first-order valence-electron chi connectivity index (χ1n) is 11.5. The van der Waals surface area contributed by atoms with Crippen LogP contribution in [0.5, 0.6) is 0 Å². The van der Waals surface area contributed by atoms with Crippen molar-refractivity contribution in [2.24, 2.45) is 0 Å². The molecule has 0 amide bonds. The second-order valence-electron chi connectivity index (χ2n) is 8.98. The summed E-state index contributed by atoms with van der Waals surface area (Å²) in [4.78, 5) is 0. The fraction of sp³-hybridized carbons (Fsp3) is 0.0323. The van der Waals surface area contributed by atoms with Crippen LogP contribution in [0.3, 0.4) is 0 Å². The van der Waals surface area contributed by atoms with Crippen molar-refractivity contribution in [1.29, 1.82) is 0 Å². The standard InChI is InChI=1S/C31H22SSi/c1-21-11-10-17-25-26-19-27-24-16-8-9-18-29(24)33(22-12-4-2-5-13-22,23-14-6-3-7-15-23)30(27)20-28(26)32-31(21)25/h2-20H,1H3. The van der Waals surface area contributed by atoms with Crippen LogP contribution in [0.4, 0.5) is 0 Å². The third kappa shape index (κ3) is 2.51. The van der Waals surface area contributed by atoms with E-state index < -0.39 is 8.07 Å². The van der Waals surface area contributed by atoms with Gasteiger partial charge in [-0.2, -0.15) is 0 Å². The first-order chi connectivity index (χ1) is 16.3. The van der Waals surface area contributed by atoms with Crippen LogP contribution < -0.4 is 20.7 Å². The van der Waals surface area contributed by atoms with Crippen LogP contribution in [0.15, 0.2) is 115 Å². The van der Waals surface area contributed by atoms with Crippen molar-refractivity contribution in [3.05, 3.63) is 121 Å². The summed E-state index contributed by atoms with van der Waals surface area (Å²) >= 11 is 1.95. The van der Waals surface area contributed by atoms with Gasteiger partial charge in [-0.1, -0.05) is 103 Å². The van der Waals surface area contributed by atoms with Gasteiger partial charge < -0.3 is 0 Å². The zero-order chi connectivity index (χ0) is 22.0. The van der Waals surface area contributed by atoms with E-state index in [2.05, 4.69) is 122 Å². The molecule has 1 aromatic heterocycles. The second kappa shape index (κ2) is 7.02. The van der Waals surface area contributed by atoms with Crippen LogP contribution >= 0.6 is 11.3 Å². The van der Waals surface area contributed by atoms with Gasteiger partial charge in [0.25, 0.3) is 0 Å². The van der Waals surface area contributed by atoms with Gasteiger partial charge in [0.05, 0.1) is 0 Å². The summed E-state index contributed by atoms with van der Waals surface area (Å²) in [7, 11) is -2.40. The highest BCUT2D eigenvalue weighted by atomic mass is 32.1. The molecule has 5 aromatic carbocycles. The molecule has 33 heavy (non-hydrogen) atoms. The molecular formula is C31H22SSi. The Labute approximate surface area is 198 Å². The normalized spacial score (nSPS) is 13.8. The fourth-order valence-corrected chi connectivity index (χ4v) is 12.4. The van der Waals surface area contributed by atoms with Crippen molar-refractivity contribution in [1.82, 2.24) is 0 Å². The molecule has 0 bridgehead atoms. The molecule has 0 spiro atoms. The largest absolute Gasteiger partial charge is 0.180 e. The molecule has 0 atom stereocenters. The molecule has 0 radical (unpaired) electrons. The number of hydrogen-bond acceptors (Lipinski definition) is 1. The van der Waals surface area contributed by atoms with Crippen molar-refractivity contribution in [3.8, 4) is 11.1 Å². The van der Waals surface area contributed by atoms with Gasteiger partial charge in [0.2, 0.25) is 0 Å². The van der Waals surface area contributed by atoms with Gasteiger partial charge in [0.1, 0.15) is 0 Å². The molecule has 0 fully saturated rings. The summed E-state index contributed by atoms with van der Waals surface area (Å²) in [5, 5.41) is 8.72. The van der Waals surface area contributed by atoms with Gasteiger partial charge >= 0.3 is 0 Å². The van der Waals surface area contributed by atoms with E-state index in [9.17, 15) is 0 Å². The summed E-state index contributed by atoms with van der Waals surface area (Å²) in [6.45, 7) is 2.23. The van der Waals surface area contributed by atoms with Crippen molar-refractivity contribution >= 4 is 60.3 Å². The number of thiophene rings is 1. The number of hydrogen-bond donors (Lipinski definition) is 0. The maximum absolute atomic E-state index is 2.54. The predicted octanol–water partition coefficient (Wildman–Crippen LogP) is 5.72. The minimum absolute atomic E-state index is 1.36. The van der Waals surface area contributed by atoms with Crippen LogP contribution in [0.25, 0.3) is 31.3 Å². The van der Waals surface area contributed by atoms with Gasteiger partial charge in [-0.15, -0.1) is 11.3 Å². The monoisotopic (exact) mass is 454 g/mol. The van der Waals surface area contributed by atoms with Crippen LogP contribution in [0, 0.1) is 6.92 Å². The van der Waals surface area contributed by atoms with Crippen LogP contribution in [-0.4, -0.2) is 8.07 Å². The SMILES string of the molecule is Cc1cccc2c1sc1cc3c(cc12)-c1ccccc1[Si]3(c1ccccc1)c1ccccc1. The Balaban J connectivity index is 1.68. The van der Waals surface area contributed by atoms with Crippen molar-refractivity contribution in [2.75, 3.05) is 0 Å². The zero-order valence-electron chi connectivity index (χ0n) is 18.4. The van der Waals surface area contributed by atoms with E-state index >= 15 is 0 Å². The van der Waals surface area contributed by atoms with E-state index in [0.29, 0.717) is 0 Å². The topological polar surface area (TPSA) is 0 Å². The van der Waals surface area contributed by atoms with Gasteiger partial charge in [0.15, 0.2) is 8.07 Å². The highest BCUT2D eigenvalue weighted by molar-refractivity contribution is 7.27. The highest BCUT2D eigenvalue weighted by Gasteiger charge is 2.48. The van der Waals surface area contributed by atoms with Crippen molar-refractivity contribution in [2.45, 2.75) is 6.92 Å². The Kier molecular flexibility index (Phi) is 4.05. The number of aryl methyl sites for hydroxylation is 1. The van der Waals surface area contributed by atoms with E-state index in [-0.39, 0.29) is 0 Å². The number of rotatable bonds is 2. The van der Waals surface area contributed by atoms with Gasteiger partial charge in [0, 0.05) is 20.2 Å². The van der Waals surface area contributed by atoms with E-state index in [1.165, 1.54) is 57.6 Å². The third-order valence-electron chi connectivity index (χ3n) is 7.27. The Bertz CT molecular complexity index is 1620. The maximum atomic E-state index is 2.54. The lowest BCUT2D eigenvalue weighted by Gasteiger charge is -2.31. The smallest absolute Gasteiger partial charge is 0.135 e. The first kappa shape index (κ1) is 19.0. The molecule has 2 heterocycles. The van der Waals surface area contributed by atoms with Crippen LogP contribution in [0.1, 0.15) is 5.56 Å². The Morgan fingerprint density at radius 1 is 0.545 bits per heavy atom. The third-order valence-corrected chi connectivity index (χ3v) is 13.4. The van der Waals surface area contributed by atoms with E-state index in [0.717, 1.165) is 0 Å². The molecule has 0 saturated carbocycles. The van der Waals surface area contributed by atoms with E-state index in [1.54, 1.807) is 0 Å². The second-order valence-corrected chi connectivity index (χ2v) is 13.8. The number of benzene rings is 5. The Hall–Kier alpha value is -3.46. The molecule has 1 aliphatic rings. The summed E-state index contributed by atoms with van der Waals surface area (Å²) in [5.74, 6) is 0. The van der Waals surface area contributed by atoms with Gasteiger partial charge in [-0.3, -0.25) is 0 Å². The lowest BCUT2D eigenvalue weighted by Crippen LogP contribution is -2.72. The minimum Gasteiger partial charge on any atom is -0.135 e. The lowest BCUT2D eigenvalue weighted by atomic mass is 10.0. The Morgan fingerprint density at radius 3 is 1.94 bits per heavy atom. The van der Waals surface area contributed by atoms with E-state index in [4.69, 9.17) is 0 Å². The summed E-state index contributed by atoms with van der Waals surface area (Å²) in [5.41, 5.74) is 4.18. The van der Waals surface area contributed by atoms with Gasteiger partial charge in [-0.05, 0) is 56.5 Å². The average molecular weight is 455 g/mol. The van der Waals surface area contributed by atoms with Crippen LogP contribution in [-0.2, 0) is 0 Å². The van der Waals surface area contributed by atoms with Crippen molar-refractivity contribution in [3.63, 3.8) is 0 Å². The molecule has 0 saturated heterocycles. The molecule has 7 rings (SSSR count). The quantitative estimate of drug-likeness (QED) is 0.293. The molecular weight excluding hydrogens is 432 g/mol. The maximum Gasteiger partial charge on any atom is 0.180 e. The molecule has 0 unspecified atom stereocenters. The lowest BCUT2D eigenvalue weighted by molar-refractivity contribution is 1.56. The molecule has 2 heteroatoms. The highest BCUT2D eigenvalue weighted by Crippen LogP contribution is 2.39. The summed E-state index contributed by atoms with van der Waals surface area (Å²) in [6.07, 6.45) is 0. The van der Waals surface area contributed by atoms with E-state index in [1.807, 2.05) is 11.3 Å². The van der Waals surface area contributed by atoms with Crippen molar-refractivity contribution < 1.29 is 0 Å². The summed E-state index contributed by atoms with van der Waals surface area (Å²) < 4.78 is 2.81. The predicted molar refractivity (Wildman–Crippen MR) is 147 cm³/mol.